The van der Waals surface area contributed by atoms with Gasteiger partial charge in [-0.15, -0.1) is 0 Å². The molecule has 0 fully saturated rings. The van der Waals surface area contributed by atoms with Gasteiger partial charge in [-0.05, 0) is 47.7 Å². The number of hydrogen-bond donors (Lipinski definition) is 0. The van der Waals surface area contributed by atoms with Crippen LogP contribution in [0.25, 0.3) is 0 Å². The van der Waals surface area contributed by atoms with Crippen molar-refractivity contribution >= 4 is 5.91 Å². The van der Waals surface area contributed by atoms with E-state index in [1.54, 1.807) is 44.9 Å². The molecule has 192 valence electrons. The van der Waals surface area contributed by atoms with E-state index in [1.807, 2.05) is 36.4 Å². The summed E-state index contributed by atoms with van der Waals surface area (Å²) in [7, 11) is 4.96. The van der Waals surface area contributed by atoms with Crippen LogP contribution in [0.2, 0.25) is 0 Å². The Morgan fingerprint density at radius 3 is 2.70 bits per heavy atom. The number of carbonyl (C=O) groups is 1. The lowest BCUT2D eigenvalue weighted by Gasteiger charge is -2.31. The number of ether oxygens (including phenoxy) is 4. The molecule has 0 bridgehead atoms. The van der Waals surface area contributed by atoms with E-state index in [4.69, 9.17) is 18.9 Å². The molecule has 1 aliphatic carbocycles. The van der Waals surface area contributed by atoms with Crippen LogP contribution in [0, 0.1) is 0 Å². The number of nitrogens with zero attached hydrogens (tertiary/aromatic N) is 2. The zero-order valence-corrected chi connectivity index (χ0v) is 21.5. The Labute approximate surface area is 217 Å². The van der Waals surface area contributed by atoms with Crippen molar-refractivity contribution in [2.75, 3.05) is 34.4 Å². The van der Waals surface area contributed by atoms with Crippen LogP contribution in [0.1, 0.15) is 29.0 Å². The van der Waals surface area contributed by atoms with Gasteiger partial charge < -0.3 is 18.9 Å². The highest BCUT2D eigenvalue weighted by molar-refractivity contribution is 5.80. The number of hydrogen-bond acceptors (Lipinski definition) is 6. The topological polar surface area (TPSA) is 60.5 Å². The number of methoxy groups -OCH3 is 3. The van der Waals surface area contributed by atoms with Gasteiger partial charge in [0, 0.05) is 30.8 Å². The lowest BCUT2D eigenvalue weighted by Crippen LogP contribution is -2.39. The van der Waals surface area contributed by atoms with Gasteiger partial charge in [-0.1, -0.05) is 36.4 Å². The first-order valence-corrected chi connectivity index (χ1v) is 12.4. The Balaban J connectivity index is 1.26. The summed E-state index contributed by atoms with van der Waals surface area (Å²) in [6.07, 6.45) is 12.9. The van der Waals surface area contributed by atoms with Gasteiger partial charge in [0.1, 0.15) is 17.8 Å². The summed E-state index contributed by atoms with van der Waals surface area (Å²) < 4.78 is 22.2. The predicted molar refractivity (Wildman–Crippen MR) is 141 cm³/mol. The van der Waals surface area contributed by atoms with Gasteiger partial charge in [-0.25, -0.2) is 0 Å². The third-order valence-corrected chi connectivity index (χ3v) is 7.08. The quantitative estimate of drug-likeness (QED) is 0.538. The molecule has 7 nitrogen and oxygen atoms in total. The summed E-state index contributed by atoms with van der Waals surface area (Å²) in [4.78, 5) is 17.0. The van der Waals surface area contributed by atoms with Gasteiger partial charge in [-0.2, -0.15) is 0 Å². The number of carbonyl (C=O) groups excluding carboxylic acids is 1. The molecule has 1 unspecified atom stereocenters. The van der Waals surface area contributed by atoms with Gasteiger partial charge in [0.15, 0.2) is 11.5 Å². The Bertz CT molecular complexity index is 1280. The predicted octanol–water partition coefficient (Wildman–Crippen LogP) is 4.91. The standard InChI is InChI=1S/C30H32N2O5/c1-34-26-9-5-6-21-12-13-31(18-25(21)26)20-30(33)32-14-15-37-29(19-32)24-8-4-7-22(16-24)23-10-11-27(35-2)28(17-23)36-3/h4-11,14-15,17,19,22H,12-13,16,18,20H2,1-3H3. The fraction of sp³-hybridized carbons (Fsp3) is 0.300. The van der Waals surface area contributed by atoms with Crippen LogP contribution < -0.4 is 14.2 Å². The van der Waals surface area contributed by atoms with Crippen LogP contribution in [0.15, 0.2) is 84.6 Å². The first-order chi connectivity index (χ1) is 18.1. The molecule has 0 saturated carbocycles. The van der Waals surface area contributed by atoms with Crippen LogP contribution in [0.3, 0.4) is 0 Å². The SMILES string of the molecule is COc1ccc(C2C=CC=C(C3=CN(C(=O)CN4CCc5cccc(OC)c5C4)C=CO3)C2)cc1OC. The fourth-order valence-corrected chi connectivity index (χ4v) is 5.06. The maximum absolute atomic E-state index is 13.2. The van der Waals surface area contributed by atoms with E-state index in [0.29, 0.717) is 30.3 Å². The molecular formula is C30H32N2O5. The van der Waals surface area contributed by atoms with E-state index in [2.05, 4.69) is 23.1 Å². The van der Waals surface area contributed by atoms with Gasteiger partial charge in [0.05, 0.1) is 34.1 Å². The van der Waals surface area contributed by atoms with Crippen molar-refractivity contribution < 1.29 is 23.7 Å². The summed E-state index contributed by atoms with van der Waals surface area (Å²) in [5.41, 5.74) is 4.61. The highest BCUT2D eigenvalue weighted by Crippen LogP contribution is 2.37. The first-order valence-electron chi connectivity index (χ1n) is 12.4. The maximum Gasteiger partial charge on any atom is 0.244 e. The van der Waals surface area contributed by atoms with Gasteiger partial charge in [0.2, 0.25) is 5.91 Å². The van der Waals surface area contributed by atoms with Crippen molar-refractivity contribution in [2.45, 2.75) is 25.3 Å². The fourth-order valence-electron chi connectivity index (χ4n) is 5.06. The second-order valence-electron chi connectivity index (χ2n) is 9.26. The normalized spacial score (nSPS) is 18.9. The number of amides is 1. The number of benzene rings is 2. The van der Waals surface area contributed by atoms with E-state index in [9.17, 15) is 4.79 Å². The largest absolute Gasteiger partial charge is 0.496 e. The molecule has 0 aromatic heterocycles. The molecule has 0 N–H and O–H groups in total. The molecule has 2 aromatic carbocycles. The Hall–Kier alpha value is -3.97. The molecule has 2 heterocycles. The van der Waals surface area contributed by atoms with E-state index < -0.39 is 0 Å². The summed E-state index contributed by atoms with van der Waals surface area (Å²) in [5, 5.41) is 0. The zero-order valence-electron chi connectivity index (χ0n) is 21.5. The minimum atomic E-state index is -0.00112. The van der Waals surface area contributed by atoms with Crippen molar-refractivity contribution in [3.63, 3.8) is 0 Å². The van der Waals surface area contributed by atoms with Crippen molar-refractivity contribution in [1.29, 1.82) is 0 Å². The third kappa shape index (κ3) is 5.27. The minimum absolute atomic E-state index is 0.00112. The Morgan fingerprint density at radius 2 is 1.89 bits per heavy atom. The molecular weight excluding hydrogens is 468 g/mol. The second kappa shape index (κ2) is 11.0. The molecule has 5 rings (SSSR count). The highest BCUT2D eigenvalue weighted by atomic mass is 16.5. The van der Waals surface area contributed by atoms with Gasteiger partial charge >= 0.3 is 0 Å². The van der Waals surface area contributed by atoms with E-state index in [-0.39, 0.29) is 11.8 Å². The highest BCUT2D eigenvalue weighted by Gasteiger charge is 2.25. The lowest BCUT2D eigenvalue weighted by molar-refractivity contribution is -0.128. The number of allylic oxidation sites excluding steroid dienone is 4. The zero-order chi connectivity index (χ0) is 25.8. The monoisotopic (exact) mass is 500 g/mol. The van der Waals surface area contributed by atoms with Crippen LogP contribution in [-0.4, -0.2) is 50.1 Å². The van der Waals surface area contributed by atoms with Crippen molar-refractivity contribution in [3.05, 3.63) is 101 Å². The molecule has 0 radical (unpaired) electrons. The van der Waals surface area contributed by atoms with E-state index in [0.717, 1.165) is 41.8 Å². The van der Waals surface area contributed by atoms with Crippen LogP contribution in [-0.2, 0) is 22.5 Å². The average molecular weight is 501 g/mol. The lowest BCUT2D eigenvalue weighted by atomic mass is 9.87. The number of fused-ring (bicyclic) bond motifs is 1. The molecule has 1 atom stereocenters. The van der Waals surface area contributed by atoms with Crippen LogP contribution in [0.4, 0.5) is 0 Å². The second-order valence-corrected chi connectivity index (χ2v) is 9.26. The Morgan fingerprint density at radius 1 is 1.05 bits per heavy atom. The third-order valence-electron chi connectivity index (χ3n) is 7.08. The summed E-state index contributed by atoms with van der Waals surface area (Å²) in [6.45, 7) is 1.84. The van der Waals surface area contributed by atoms with Crippen molar-refractivity contribution in [1.82, 2.24) is 9.80 Å². The maximum atomic E-state index is 13.2. The average Bonchev–Trinajstić information content (AvgIpc) is 2.96. The molecule has 3 aliphatic rings. The summed E-state index contributed by atoms with van der Waals surface area (Å²) in [6, 6.07) is 12.1. The summed E-state index contributed by atoms with van der Waals surface area (Å²) >= 11 is 0. The molecule has 2 aromatic rings. The molecule has 37 heavy (non-hydrogen) atoms. The van der Waals surface area contributed by atoms with Crippen molar-refractivity contribution in [3.8, 4) is 17.2 Å². The molecule has 0 saturated heterocycles. The molecule has 7 heteroatoms. The van der Waals surface area contributed by atoms with Gasteiger partial charge in [-0.3, -0.25) is 14.6 Å². The van der Waals surface area contributed by atoms with Gasteiger partial charge in [0.25, 0.3) is 0 Å². The molecule has 1 amide bonds. The first kappa shape index (κ1) is 24.7. The molecule has 0 spiro atoms. The van der Waals surface area contributed by atoms with E-state index >= 15 is 0 Å². The van der Waals surface area contributed by atoms with Crippen LogP contribution in [0.5, 0.6) is 17.2 Å². The Kier molecular flexibility index (Phi) is 7.32. The van der Waals surface area contributed by atoms with Crippen molar-refractivity contribution in [2.24, 2.45) is 0 Å². The smallest absolute Gasteiger partial charge is 0.244 e. The number of rotatable bonds is 7. The molecule has 2 aliphatic heterocycles. The van der Waals surface area contributed by atoms with Crippen LogP contribution >= 0.6 is 0 Å². The summed E-state index contributed by atoms with van der Waals surface area (Å²) in [5.74, 6) is 3.12. The van der Waals surface area contributed by atoms with E-state index in [1.165, 1.54) is 5.56 Å². The minimum Gasteiger partial charge on any atom is -0.496 e.